The van der Waals surface area contributed by atoms with Gasteiger partial charge in [-0.1, -0.05) is 17.4 Å². The van der Waals surface area contributed by atoms with Gasteiger partial charge in [0.25, 0.3) is 5.91 Å². The first-order valence-corrected chi connectivity index (χ1v) is 9.98. The van der Waals surface area contributed by atoms with Gasteiger partial charge >= 0.3 is 0 Å². The van der Waals surface area contributed by atoms with Crippen molar-refractivity contribution in [2.75, 3.05) is 45.8 Å². The van der Waals surface area contributed by atoms with Crippen LogP contribution in [0.15, 0.2) is 42.5 Å². The van der Waals surface area contributed by atoms with Gasteiger partial charge in [0.15, 0.2) is 5.13 Å². The first-order valence-electron chi connectivity index (χ1n) is 9.16. The number of methoxy groups -OCH3 is 1. The Bertz CT molecular complexity index is 938. The van der Waals surface area contributed by atoms with E-state index in [1.165, 1.54) is 11.3 Å². The van der Waals surface area contributed by atoms with Crippen LogP contribution in [0.1, 0.15) is 17.3 Å². The Morgan fingerprint density at radius 3 is 2.50 bits per heavy atom. The Kier molecular flexibility index (Phi) is 6.49. The largest absolute Gasteiger partial charge is 0.494 e. The summed E-state index contributed by atoms with van der Waals surface area (Å²) in [4.78, 5) is 21.8. The van der Waals surface area contributed by atoms with E-state index >= 15 is 0 Å². The molecule has 0 aliphatic rings. The van der Waals surface area contributed by atoms with Gasteiger partial charge in [-0.15, -0.1) is 0 Å². The Morgan fingerprint density at radius 1 is 1.11 bits per heavy atom. The van der Waals surface area contributed by atoms with Gasteiger partial charge in [0, 0.05) is 18.7 Å². The highest BCUT2D eigenvalue weighted by molar-refractivity contribution is 7.22. The first-order chi connectivity index (χ1) is 13.5. The molecule has 0 saturated carbocycles. The lowest BCUT2D eigenvalue weighted by molar-refractivity contribution is 0.0985. The Morgan fingerprint density at radius 2 is 1.86 bits per heavy atom. The van der Waals surface area contributed by atoms with Crippen LogP contribution in [0.25, 0.3) is 10.2 Å². The predicted molar refractivity (Wildman–Crippen MR) is 114 cm³/mol. The Labute approximate surface area is 169 Å². The molecule has 1 aromatic heterocycles. The second-order valence-electron chi connectivity index (χ2n) is 6.52. The van der Waals surface area contributed by atoms with E-state index in [1.54, 1.807) is 24.1 Å². The maximum Gasteiger partial charge on any atom is 0.260 e. The fourth-order valence-electron chi connectivity index (χ4n) is 2.79. The summed E-state index contributed by atoms with van der Waals surface area (Å²) in [5.74, 6) is 1.38. The summed E-state index contributed by atoms with van der Waals surface area (Å²) >= 11 is 1.49. The lowest BCUT2D eigenvalue weighted by Gasteiger charge is -2.22. The van der Waals surface area contributed by atoms with Crippen molar-refractivity contribution in [3.63, 3.8) is 0 Å². The van der Waals surface area contributed by atoms with Gasteiger partial charge in [-0.3, -0.25) is 9.69 Å². The number of rotatable bonds is 8. The molecule has 0 aliphatic carbocycles. The zero-order chi connectivity index (χ0) is 20.1. The molecule has 148 valence electrons. The molecule has 2 aromatic carbocycles. The number of amides is 1. The van der Waals surface area contributed by atoms with E-state index in [4.69, 9.17) is 14.5 Å². The smallest absolute Gasteiger partial charge is 0.260 e. The third-order valence-electron chi connectivity index (χ3n) is 4.25. The first kappa shape index (κ1) is 20.1. The highest BCUT2D eigenvalue weighted by atomic mass is 32.1. The lowest BCUT2D eigenvalue weighted by Crippen LogP contribution is -2.36. The highest BCUT2D eigenvalue weighted by Gasteiger charge is 2.22. The number of likely N-dealkylation sites (N-methyl/N-ethyl adjacent to an activating group) is 1. The zero-order valence-electron chi connectivity index (χ0n) is 16.6. The summed E-state index contributed by atoms with van der Waals surface area (Å²) < 4.78 is 11.9. The maximum atomic E-state index is 13.3. The molecule has 0 unspecified atom stereocenters. The Hall–Kier alpha value is -2.64. The Balaban J connectivity index is 1.95. The summed E-state index contributed by atoms with van der Waals surface area (Å²) in [6.07, 6.45) is 0. The molecule has 7 heteroatoms. The SMILES string of the molecule is CCOc1ccc(C(=O)N(CCN(C)C)c2nc3c(OC)cccc3s2)cc1. The average Bonchev–Trinajstić information content (AvgIpc) is 3.12. The zero-order valence-corrected chi connectivity index (χ0v) is 17.5. The van der Waals surface area contributed by atoms with E-state index in [9.17, 15) is 4.79 Å². The molecule has 3 aromatic rings. The summed E-state index contributed by atoms with van der Waals surface area (Å²) in [5, 5.41) is 0.667. The van der Waals surface area contributed by atoms with Crippen LogP contribution in [0.2, 0.25) is 0 Å². The van der Waals surface area contributed by atoms with E-state index in [2.05, 4.69) is 0 Å². The second kappa shape index (κ2) is 9.03. The number of thiazole rings is 1. The van der Waals surface area contributed by atoms with Crippen molar-refractivity contribution < 1.29 is 14.3 Å². The number of carbonyl (C=O) groups is 1. The lowest BCUT2D eigenvalue weighted by atomic mass is 10.2. The molecule has 0 fully saturated rings. The number of carbonyl (C=O) groups excluding carboxylic acids is 1. The fraction of sp³-hybridized carbons (Fsp3) is 0.333. The molecule has 0 radical (unpaired) electrons. The van der Waals surface area contributed by atoms with E-state index in [-0.39, 0.29) is 5.91 Å². The molecule has 6 nitrogen and oxygen atoms in total. The van der Waals surface area contributed by atoms with Gasteiger partial charge in [0.2, 0.25) is 0 Å². The van der Waals surface area contributed by atoms with Crippen LogP contribution in [0, 0.1) is 0 Å². The van der Waals surface area contributed by atoms with E-state index < -0.39 is 0 Å². The van der Waals surface area contributed by atoms with Crippen LogP contribution in [-0.2, 0) is 0 Å². The number of benzene rings is 2. The van der Waals surface area contributed by atoms with Gasteiger partial charge in [0.05, 0.1) is 18.4 Å². The van der Waals surface area contributed by atoms with Crippen molar-refractivity contribution in [3.05, 3.63) is 48.0 Å². The standard InChI is InChI=1S/C21H25N3O3S/c1-5-27-16-11-9-15(10-12-16)20(25)24(14-13-23(2)3)21-22-19-17(26-4)7-6-8-18(19)28-21/h6-12H,5,13-14H2,1-4H3. The third kappa shape index (κ3) is 4.43. The number of para-hydroxylation sites is 1. The van der Waals surface area contributed by atoms with Crippen molar-refractivity contribution >= 4 is 32.6 Å². The average molecular weight is 400 g/mol. The quantitative estimate of drug-likeness (QED) is 0.575. The van der Waals surface area contributed by atoms with Gasteiger partial charge in [0.1, 0.15) is 17.0 Å². The molecule has 0 atom stereocenters. The highest BCUT2D eigenvalue weighted by Crippen LogP contribution is 2.34. The number of hydrogen-bond acceptors (Lipinski definition) is 6. The molecular weight excluding hydrogens is 374 g/mol. The molecular formula is C21H25N3O3S. The van der Waals surface area contributed by atoms with E-state index in [0.717, 1.165) is 22.5 Å². The third-order valence-corrected chi connectivity index (χ3v) is 5.29. The van der Waals surface area contributed by atoms with Crippen molar-refractivity contribution in [1.82, 2.24) is 9.88 Å². The molecule has 0 bridgehead atoms. The predicted octanol–water partition coefficient (Wildman–Crippen LogP) is 3.91. The monoisotopic (exact) mass is 399 g/mol. The number of ether oxygens (including phenoxy) is 2. The number of fused-ring (bicyclic) bond motifs is 1. The summed E-state index contributed by atoms with van der Waals surface area (Å²) in [6, 6.07) is 13.0. The fourth-order valence-corrected chi connectivity index (χ4v) is 3.80. The van der Waals surface area contributed by atoms with Gasteiger partial charge < -0.3 is 14.4 Å². The summed E-state index contributed by atoms with van der Waals surface area (Å²) in [5.41, 5.74) is 1.38. The van der Waals surface area contributed by atoms with Crippen LogP contribution in [0.3, 0.4) is 0 Å². The number of hydrogen-bond donors (Lipinski definition) is 0. The van der Waals surface area contributed by atoms with Crippen molar-refractivity contribution in [3.8, 4) is 11.5 Å². The van der Waals surface area contributed by atoms with Crippen molar-refractivity contribution in [1.29, 1.82) is 0 Å². The molecule has 0 saturated heterocycles. The van der Waals surface area contributed by atoms with Crippen LogP contribution < -0.4 is 14.4 Å². The molecule has 0 aliphatic heterocycles. The topological polar surface area (TPSA) is 54.9 Å². The molecule has 1 heterocycles. The van der Waals surface area contributed by atoms with Crippen LogP contribution in [0.4, 0.5) is 5.13 Å². The van der Waals surface area contributed by atoms with Gasteiger partial charge in [-0.05, 0) is 57.4 Å². The normalized spacial score (nSPS) is 11.0. The summed E-state index contributed by atoms with van der Waals surface area (Å²) in [7, 11) is 5.60. The number of anilines is 1. The van der Waals surface area contributed by atoms with Crippen molar-refractivity contribution in [2.24, 2.45) is 0 Å². The molecule has 0 spiro atoms. The number of aromatic nitrogens is 1. The number of nitrogens with zero attached hydrogens (tertiary/aromatic N) is 3. The van der Waals surface area contributed by atoms with Crippen LogP contribution in [-0.4, -0.2) is 56.7 Å². The minimum absolute atomic E-state index is 0.0806. The molecule has 3 rings (SSSR count). The van der Waals surface area contributed by atoms with Gasteiger partial charge in [-0.2, -0.15) is 0 Å². The van der Waals surface area contributed by atoms with Crippen LogP contribution in [0.5, 0.6) is 11.5 Å². The van der Waals surface area contributed by atoms with Crippen LogP contribution >= 0.6 is 11.3 Å². The summed E-state index contributed by atoms with van der Waals surface area (Å²) in [6.45, 7) is 3.80. The van der Waals surface area contributed by atoms with E-state index in [0.29, 0.717) is 29.6 Å². The second-order valence-corrected chi connectivity index (χ2v) is 7.53. The maximum absolute atomic E-state index is 13.3. The molecule has 28 heavy (non-hydrogen) atoms. The van der Waals surface area contributed by atoms with Crippen molar-refractivity contribution in [2.45, 2.75) is 6.92 Å². The molecule has 1 amide bonds. The van der Waals surface area contributed by atoms with E-state index in [1.807, 2.05) is 56.3 Å². The molecule has 0 N–H and O–H groups in total. The minimum Gasteiger partial charge on any atom is -0.494 e. The minimum atomic E-state index is -0.0806. The van der Waals surface area contributed by atoms with Gasteiger partial charge in [-0.25, -0.2) is 4.98 Å².